The summed E-state index contributed by atoms with van der Waals surface area (Å²) in [4.78, 5) is 2.68. The Morgan fingerprint density at radius 2 is 1.89 bits per heavy atom. The van der Waals surface area contributed by atoms with Crippen LogP contribution in [-0.4, -0.2) is 49.7 Å². The third-order valence-corrected chi connectivity index (χ3v) is 7.32. The summed E-state index contributed by atoms with van der Waals surface area (Å²) in [5.41, 5.74) is 0.613. The number of hydrogen-bond donors (Lipinski definition) is 1. The SMILES string of the molecule is CN1CCC[C@@H](Nc2nnc(Cl)c(C3CC3)c2S(=O)(=O)c2ccccc2)C1. The highest BCUT2D eigenvalue weighted by atomic mass is 35.5. The number of rotatable bonds is 5. The van der Waals surface area contributed by atoms with Gasteiger partial charge < -0.3 is 10.2 Å². The van der Waals surface area contributed by atoms with Gasteiger partial charge in [0.2, 0.25) is 9.84 Å². The fraction of sp³-hybridized carbons (Fsp3) is 0.474. The van der Waals surface area contributed by atoms with Crippen LogP contribution in [0.1, 0.15) is 37.2 Å². The van der Waals surface area contributed by atoms with E-state index in [1.54, 1.807) is 30.3 Å². The van der Waals surface area contributed by atoms with E-state index in [4.69, 9.17) is 11.6 Å². The Kier molecular flexibility index (Phi) is 5.09. The van der Waals surface area contributed by atoms with Gasteiger partial charge in [0.15, 0.2) is 11.0 Å². The summed E-state index contributed by atoms with van der Waals surface area (Å²) in [7, 11) is -1.69. The molecule has 2 fully saturated rings. The van der Waals surface area contributed by atoms with E-state index in [9.17, 15) is 8.42 Å². The maximum absolute atomic E-state index is 13.5. The lowest BCUT2D eigenvalue weighted by Crippen LogP contribution is -2.40. The van der Waals surface area contributed by atoms with Crippen LogP contribution in [0.25, 0.3) is 0 Å². The number of likely N-dealkylation sites (N-methyl/N-ethyl adjacent to an activating group) is 1. The maximum Gasteiger partial charge on any atom is 0.210 e. The number of sulfone groups is 1. The summed E-state index contributed by atoms with van der Waals surface area (Å²) in [6.45, 7) is 1.89. The fourth-order valence-electron chi connectivity index (χ4n) is 3.70. The van der Waals surface area contributed by atoms with Crippen LogP contribution in [-0.2, 0) is 9.84 Å². The summed E-state index contributed by atoms with van der Waals surface area (Å²) < 4.78 is 27.0. The second-order valence-corrected chi connectivity index (χ2v) is 9.66. The van der Waals surface area contributed by atoms with Crippen molar-refractivity contribution in [1.82, 2.24) is 15.1 Å². The molecule has 4 rings (SSSR count). The van der Waals surface area contributed by atoms with E-state index in [0.29, 0.717) is 11.4 Å². The molecule has 1 aliphatic carbocycles. The number of aromatic nitrogens is 2. The molecule has 1 aromatic carbocycles. The average molecular weight is 407 g/mol. The molecule has 0 amide bonds. The van der Waals surface area contributed by atoms with Gasteiger partial charge in [-0.15, -0.1) is 10.2 Å². The van der Waals surface area contributed by atoms with Crippen molar-refractivity contribution in [3.05, 3.63) is 41.0 Å². The molecule has 2 aromatic rings. The molecule has 1 N–H and O–H groups in total. The third kappa shape index (κ3) is 3.81. The van der Waals surface area contributed by atoms with E-state index in [-0.39, 0.29) is 26.9 Å². The van der Waals surface area contributed by atoms with Crippen LogP contribution in [0.2, 0.25) is 5.15 Å². The van der Waals surface area contributed by atoms with Gasteiger partial charge in [0.25, 0.3) is 0 Å². The van der Waals surface area contributed by atoms with Crippen LogP contribution in [0, 0.1) is 0 Å². The Morgan fingerprint density at radius 1 is 1.15 bits per heavy atom. The molecule has 2 aliphatic rings. The molecular weight excluding hydrogens is 384 g/mol. The lowest BCUT2D eigenvalue weighted by atomic mass is 10.1. The molecule has 0 unspecified atom stereocenters. The first kappa shape index (κ1) is 18.7. The van der Waals surface area contributed by atoms with E-state index >= 15 is 0 Å². The lowest BCUT2D eigenvalue weighted by Gasteiger charge is -2.31. The van der Waals surface area contributed by atoms with Crippen LogP contribution in [0.3, 0.4) is 0 Å². The quantitative estimate of drug-likeness (QED) is 0.820. The molecule has 2 heterocycles. The predicted octanol–water partition coefficient (Wildman–Crippen LogP) is 3.35. The molecule has 8 heteroatoms. The number of piperidine rings is 1. The van der Waals surface area contributed by atoms with Gasteiger partial charge in [0, 0.05) is 18.2 Å². The Labute approximate surface area is 164 Å². The highest BCUT2D eigenvalue weighted by Crippen LogP contribution is 2.48. The highest BCUT2D eigenvalue weighted by molar-refractivity contribution is 7.91. The van der Waals surface area contributed by atoms with Crippen molar-refractivity contribution in [2.24, 2.45) is 0 Å². The van der Waals surface area contributed by atoms with Crippen molar-refractivity contribution in [2.45, 2.75) is 47.4 Å². The molecule has 0 spiro atoms. The van der Waals surface area contributed by atoms with Crippen LogP contribution in [0.5, 0.6) is 0 Å². The van der Waals surface area contributed by atoms with E-state index in [2.05, 4.69) is 27.5 Å². The third-order valence-electron chi connectivity index (χ3n) is 5.19. The topological polar surface area (TPSA) is 75.2 Å². The predicted molar refractivity (Wildman–Crippen MR) is 105 cm³/mol. The molecule has 6 nitrogen and oxygen atoms in total. The first-order valence-corrected chi connectivity index (χ1v) is 11.1. The average Bonchev–Trinajstić information content (AvgIpc) is 3.48. The second-order valence-electron chi connectivity index (χ2n) is 7.42. The molecule has 0 bridgehead atoms. The monoisotopic (exact) mass is 406 g/mol. The summed E-state index contributed by atoms with van der Waals surface area (Å²) in [5.74, 6) is 0.460. The van der Waals surface area contributed by atoms with Gasteiger partial charge in [-0.05, 0) is 57.3 Å². The van der Waals surface area contributed by atoms with E-state index in [1.807, 2.05) is 0 Å². The molecule has 1 aliphatic heterocycles. The van der Waals surface area contributed by atoms with Gasteiger partial charge in [-0.3, -0.25) is 0 Å². The molecule has 1 aromatic heterocycles. The summed E-state index contributed by atoms with van der Waals surface area (Å²) in [6.07, 6.45) is 3.88. The zero-order chi connectivity index (χ0) is 19.0. The molecular formula is C19H23ClN4O2S. The smallest absolute Gasteiger partial charge is 0.210 e. The number of nitrogens with zero attached hydrogens (tertiary/aromatic N) is 3. The zero-order valence-corrected chi connectivity index (χ0v) is 16.8. The van der Waals surface area contributed by atoms with Crippen LogP contribution in [0.15, 0.2) is 40.1 Å². The number of hydrogen-bond acceptors (Lipinski definition) is 6. The zero-order valence-electron chi connectivity index (χ0n) is 15.2. The molecule has 144 valence electrons. The Morgan fingerprint density at radius 3 is 2.56 bits per heavy atom. The summed E-state index contributed by atoms with van der Waals surface area (Å²) >= 11 is 6.32. The maximum atomic E-state index is 13.5. The number of benzene rings is 1. The molecule has 27 heavy (non-hydrogen) atoms. The summed E-state index contributed by atoms with van der Waals surface area (Å²) in [5, 5.41) is 11.8. The van der Waals surface area contributed by atoms with Gasteiger partial charge in [0.05, 0.1) is 4.90 Å². The molecule has 1 atom stereocenters. The van der Waals surface area contributed by atoms with Crippen LogP contribution in [0.4, 0.5) is 5.82 Å². The van der Waals surface area contributed by atoms with Gasteiger partial charge in [0.1, 0.15) is 4.90 Å². The Bertz CT molecular complexity index is 932. The fourth-order valence-corrected chi connectivity index (χ4v) is 5.70. The van der Waals surface area contributed by atoms with Crippen LogP contribution < -0.4 is 5.32 Å². The number of nitrogens with one attached hydrogen (secondary N) is 1. The van der Waals surface area contributed by atoms with Crippen molar-refractivity contribution in [3.63, 3.8) is 0 Å². The highest BCUT2D eigenvalue weighted by Gasteiger charge is 2.37. The minimum Gasteiger partial charge on any atom is -0.363 e. The minimum absolute atomic E-state index is 0.135. The second kappa shape index (κ2) is 7.37. The van der Waals surface area contributed by atoms with Gasteiger partial charge in [-0.25, -0.2) is 8.42 Å². The molecule has 1 saturated heterocycles. The number of likely N-dealkylation sites (tertiary alicyclic amines) is 1. The minimum atomic E-state index is -3.76. The van der Waals surface area contributed by atoms with E-state index in [1.165, 1.54) is 0 Å². The Balaban J connectivity index is 1.81. The Hall–Kier alpha value is -1.70. The van der Waals surface area contributed by atoms with E-state index < -0.39 is 9.84 Å². The largest absolute Gasteiger partial charge is 0.363 e. The normalized spacial score (nSPS) is 21.2. The van der Waals surface area contributed by atoms with Crippen molar-refractivity contribution in [3.8, 4) is 0 Å². The van der Waals surface area contributed by atoms with Gasteiger partial charge in [-0.2, -0.15) is 0 Å². The molecule has 0 radical (unpaired) electrons. The van der Waals surface area contributed by atoms with Crippen molar-refractivity contribution in [1.29, 1.82) is 0 Å². The number of halogens is 1. The standard InChI is InChI=1S/C19H23ClN4O2S/c1-24-11-5-6-14(12-24)21-19-17(16(13-9-10-13)18(20)22-23-19)27(25,26)15-7-3-2-4-8-15/h2-4,7-8,13-14H,5-6,9-12H2,1H3,(H,21,23)/t14-/m1/s1. The van der Waals surface area contributed by atoms with Crippen molar-refractivity contribution < 1.29 is 8.42 Å². The molecule has 1 saturated carbocycles. The van der Waals surface area contributed by atoms with Crippen LogP contribution >= 0.6 is 11.6 Å². The first-order valence-electron chi connectivity index (χ1n) is 9.28. The van der Waals surface area contributed by atoms with Gasteiger partial charge >= 0.3 is 0 Å². The number of anilines is 1. The van der Waals surface area contributed by atoms with E-state index in [0.717, 1.165) is 38.8 Å². The summed E-state index contributed by atoms with van der Waals surface area (Å²) in [6, 6.07) is 8.61. The first-order chi connectivity index (χ1) is 13.0. The lowest BCUT2D eigenvalue weighted by molar-refractivity contribution is 0.260. The van der Waals surface area contributed by atoms with Gasteiger partial charge in [-0.1, -0.05) is 29.8 Å². The van der Waals surface area contributed by atoms with Crippen molar-refractivity contribution >= 4 is 27.3 Å². The van der Waals surface area contributed by atoms with Crippen molar-refractivity contribution in [2.75, 3.05) is 25.5 Å².